The average molecular weight is 531 g/mol. The number of piperidine rings is 1. The van der Waals surface area contributed by atoms with Crippen molar-refractivity contribution >= 4 is 31.9 Å². The minimum atomic E-state index is -3.41. The molecule has 2 aromatic carbocycles. The van der Waals surface area contributed by atoms with E-state index in [2.05, 4.69) is 26.2 Å². The number of halogens is 1. The van der Waals surface area contributed by atoms with E-state index in [0.29, 0.717) is 32.5 Å². The molecular formula is C24H27BrN4O3S. The zero-order valence-electron chi connectivity index (χ0n) is 18.4. The number of amides is 1. The maximum absolute atomic E-state index is 12.8. The lowest BCUT2D eigenvalue weighted by Gasteiger charge is -2.30. The first kappa shape index (κ1) is 23.7. The van der Waals surface area contributed by atoms with E-state index in [1.54, 1.807) is 6.20 Å². The number of carbonyl (C=O) groups is 1. The molecular weight excluding hydrogens is 504 g/mol. The maximum Gasteiger partial charge on any atom is 0.223 e. The molecule has 1 amide bonds. The SMILES string of the molecule is Cc1nccn1-c1ccc(CNC(=O)C2CCN(S(=O)(=O)Cc3cccc(Br)c3)CC2)cc1. The first-order valence-electron chi connectivity index (χ1n) is 10.9. The Labute approximate surface area is 203 Å². The molecule has 7 nitrogen and oxygen atoms in total. The number of hydrogen-bond donors (Lipinski definition) is 1. The summed E-state index contributed by atoms with van der Waals surface area (Å²) < 4.78 is 30.0. The highest BCUT2D eigenvalue weighted by molar-refractivity contribution is 9.10. The van der Waals surface area contributed by atoms with Gasteiger partial charge in [-0.15, -0.1) is 0 Å². The Kier molecular flexibility index (Phi) is 7.31. The number of benzene rings is 2. The molecule has 2 heterocycles. The molecule has 0 spiro atoms. The number of rotatable bonds is 7. The first-order chi connectivity index (χ1) is 15.8. The molecule has 9 heteroatoms. The van der Waals surface area contributed by atoms with Crippen molar-refractivity contribution in [2.24, 2.45) is 5.92 Å². The summed E-state index contributed by atoms with van der Waals surface area (Å²) in [5.74, 6) is 0.697. The van der Waals surface area contributed by atoms with Crippen LogP contribution in [-0.4, -0.2) is 41.3 Å². The number of sulfonamides is 1. The average Bonchev–Trinajstić information content (AvgIpc) is 3.23. The Hall–Kier alpha value is -2.49. The predicted molar refractivity (Wildman–Crippen MR) is 131 cm³/mol. The van der Waals surface area contributed by atoms with Crippen LogP contribution in [-0.2, 0) is 27.1 Å². The molecule has 0 radical (unpaired) electrons. The van der Waals surface area contributed by atoms with E-state index in [9.17, 15) is 13.2 Å². The Morgan fingerprint density at radius 1 is 1.12 bits per heavy atom. The number of aromatic nitrogens is 2. The van der Waals surface area contributed by atoms with Crippen molar-refractivity contribution in [3.63, 3.8) is 0 Å². The van der Waals surface area contributed by atoms with Crippen LogP contribution in [0, 0.1) is 12.8 Å². The lowest BCUT2D eigenvalue weighted by atomic mass is 9.97. The van der Waals surface area contributed by atoms with Gasteiger partial charge < -0.3 is 9.88 Å². The molecule has 0 bridgehead atoms. The topological polar surface area (TPSA) is 84.3 Å². The van der Waals surface area contributed by atoms with E-state index in [4.69, 9.17) is 0 Å². The molecule has 33 heavy (non-hydrogen) atoms. The Bertz CT molecular complexity index is 1220. The van der Waals surface area contributed by atoms with Crippen LogP contribution < -0.4 is 5.32 Å². The first-order valence-corrected chi connectivity index (χ1v) is 13.3. The molecule has 1 aliphatic heterocycles. The smallest absolute Gasteiger partial charge is 0.223 e. The summed E-state index contributed by atoms with van der Waals surface area (Å²) in [5.41, 5.74) is 2.79. The van der Waals surface area contributed by atoms with Crippen molar-refractivity contribution < 1.29 is 13.2 Å². The Morgan fingerprint density at radius 2 is 1.85 bits per heavy atom. The van der Waals surface area contributed by atoms with Gasteiger partial charge in [0, 0.05) is 48.1 Å². The third kappa shape index (κ3) is 5.90. The number of aryl methyl sites for hydroxylation is 1. The van der Waals surface area contributed by atoms with Gasteiger partial charge >= 0.3 is 0 Å². The maximum atomic E-state index is 12.8. The van der Waals surface area contributed by atoms with Crippen molar-refractivity contribution in [3.8, 4) is 5.69 Å². The van der Waals surface area contributed by atoms with Gasteiger partial charge in [0.1, 0.15) is 5.82 Å². The third-order valence-corrected chi connectivity index (χ3v) is 8.31. The van der Waals surface area contributed by atoms with Crippen molar-refractivity contribution in [2.75, 3.05) is 13.1 Å². The quantitative estimate of drug-likeness (QED) is 0.503. The molecule has 1 aromatic heterocycles. The van der Waals surface area contributed by atoms with Crippen LogP contribution in [0.1, 0.15) is 29.8 Å². The van der Waals surface area contributed by atoms with Gasteiger partial charge in [-0.2, -0.15) is 0 Å². The second-order valence-electron chi connectivity index (χ2n) is 8.29. The Morgan fingerprint density at radius 3 is 2.48 bits per heavy atom. The predicted octanol–water partition coefficient (Wildman–Crippen LogP) is 3.80. The fraction of sp³-hybridized carbons (Fsp3) is 0.333. The Balaban J connectivity index is 1.26. The normalized spacial score (nSPS) is 15.5. The second kappa shape index (κ2) is 10.2. The third-order valence-electron chi connectivity index (χ3n) is 5.96. The number of carbonyl (C=O) groups excluding carboxylic acids is 1. The van der Waals surface area contributed by atoms with E-state index in [-0.39, 0.29) is 17.6 Å². The van der Waals surface area contributed by atoms with Crippen molar-refractivity contribution in [1.29, 1.82) is 0 Å². The van der Waals surface area contributed by atoms with Crippen LogP contribution in [0.15, 0.2) is 65.4 Å². The summed E-state index contributed by atoms with van der Waals surface area (Å²) in [6.07, 6.45) is 4.74. The summed E-state index contributed by atoms with van der Waals surface area (Å²) in [6.45, 7) is 3.13. The highest BCUT2D eigenvalue weighted by Gasteiger charge is 2.31. The molecule has 1 N–H and O–H groups in total. The largest absolute Gasteiger partial charge is 0.352 e. The van der Waals surface area contributed by atoms with Gasteiger partial charge in [0.15, 0.2) is 0 Å². The van der Waals surface area contributed by atoms with Gasteiger partial charge in [0.25, 0.3) is 0 Å². The van der Waals surface area contributed by atoms with Crippen molar-refractivity contribution in [3.05, 3.63) is 82.3 Å². The molecule has 3 aromatic rings. The monoisotopic (exact) mass is 530 g/mol. The molecule has 174 valence electrons. The fourth-order valence-corrected chi connectivity index (χ4v) is 6.08. The van der Waals surface area contributed by atoms with Crippen LogP contribution >= 0.6 is 15.9 Å². The van der Waals surface area contributed by atoms with Crippen LogP contribution in [0.25, 0.3) is 5.69 Å². The highest BCUT2D eigenvalue weighted by atomic mass is 79.9. The lowest BCUT2D eigenvalue weighted by Crippen LogP contribution is -2.43. The van der Waals surface area contributed by atoms with E-state index in [1.165, 1.54) is 4.31 Å². The lowest BCUT2D eigenvalue weighted by molar-refractivity contribution is -0.126. The van der Waals surface area contributed by atoms with Gasteiger partial charge in [-0.05, 0) is 55.2 Å². The standard InChI is InChI=1S/C24H27BrN4O3S/c1-18-26-11-14-29(18)23-7-5-19(6-8-23)16-27-24(30)21-9-12-28(13-10-21)33(31,32)17-20-3-2-4-22(25)15-20/h2-8,11,14-15,21H,9-10,12-13,16-17H2,1H3,(H,27,30). The summed E-state index contributed by atoms with van der Waals surface area (Å²) in [7, 11) is -3.41. The number of hydrogen-bond acceptors (Lipinski definition) is 4. The van der Waals surface area contributed by atoms with E-state index in [0.717, 1.165) is 27.1 Å². The van der Waals surface area contributed by atoms with Crippen molar-refractivity contribution in [1.82, 2.24) is 19.2 Å². The molecule has 4 rings (SSSR count). The second-order valence-corrected chi connectivity index (χ2v) is 11.2. The zero-order valence-corrected chi connectivity index (χ0v) is 20.8. The molecule has 1 saturated heterocycles. The van der Waals surface area contributed by atoms with Gasteiger partial charge in [-0.1, -0.05) is 40.2 Å². The van der Waals surface area contributed by atoms with Gasteiger partial charge in [-0.3, -0.25) is 4.79 Å². The number of imidazole rings is 1. The van der Waals surface area contributed by atoms with Gasteiger partial charge in [-0.25, -0.2) is 17.7 Å². The van der Waals surface area contributed by atoms with E-state index < -0.39 is 10.0 Å². The summed E-state index contributed by atoms with van der Waals surface area (Å²) in [6, 6.07) is 15.3. The van der Waals surface area contributed by atoms with E-state index in [1.807, 2.05) is 66.2 Å². The minimum absolute atomic E-state index is 0.0198. The molecule has 0 saturated carbocycles. The summed E-state index contributed by atoms with van der Waals surface area (Å²) >= 11 is 3.38. The van der Waals surface area contributed by atoms with Gasteiger partial charge in [0.2, 0.25) is 15.9 Å². The molecule has 1 aliphatic rings. The van der Waals surface area contributed by atoms with Crippen molar-refractivity contribution in [2.45, 2.75) is 32.1 Å². The number of nitrogens with one attached hydrogen (secondary N) is 1. The van der Waals surface area contributed by atoms with E-state index >= 15 is 0 Å². The molecule has 0 atom stereocenters. The van der Waals surface area contributed by atoms with Crippen LogP contribution in [0.5, 0.6) is 0 Å². The zero-order chi connectivity index (χ0) is 23.4. The number of nitrogens with zero attached hydrogens (tertiary/aromatic N) is 3. The van der Waals surface area contributed by atoms with Crippen LogP contribution in [0.4, 0.5) is 0 Å². The fourth-order valence-electron chi connectivity index (χ4n) is 4.08. The summed E-state index contributed by atoms with van der Waals surface area (Å²) in [4.78, 5) is 16.9. The molecule has 0 aliphatic carbocycles. The molecule has 0 unspecified atom stereocenters. The van der Waals surface area contributed by atoms with Crippen LogP contribution in [0.3, 0.4) is 0 Å². The summed E-state index contributed by atoms with van der Waals surface area (Å²) in [5, 5.41) is 3.00. The van der Waals surface area contributed by atoms with Gasteiger partial charge in [0.05, 0.1) is 5.75 Å². The molecule has 1 fully saturated rings. The van der Waals surface area contributed by atoms with Crippen LogP contribution in [0.2, 0.25) is 0 Å². The highest BCUT2D eigenvalue weighted by Crippen LogP contribution is 2.23. The minimum Gasteiger partial charge on any atom is -0.352 e.